The monoisotopic (exact) mass is 327 g/mol. The molecule has 0 aliphatic heterocycles. The van der Waals surface area contributed by atoms with Gasteiger partial charge in [0.25, 0.3) is 0 Å². The van der Waals surface area contributed by atoms with Gasteiger partial charge in [0.2, 0.25) is 0 Å². The van der Waals surface area contributed by atoms with Crippen LogP contribution in [0.4, 0.5) is 4.39 Å². The first-order chi connectivity index (χ1) is 10.1. The Kier molecular flexibility index (Phi) is 5.45. The molecule has 2 nitrogen and oxygen atoms in total. The van der Waals surface area contributed by atoms with Crippen LogP contribution in [0, 0.1) is 5.82 Å². The van der Waals surface area contributed by atoms with Crippen LogP contribution in [-0.2, 0) is 0 Å². The molecule has 5 heteroatoms. The maximum atomic E-state index is 13.3. The lowest BCUT2D eigenvalue weighted by Gasteiger charge is -2.21. The first-order valence-electron chi connectivity index (χ1n) is 6.58. The number of hydrogen-bond acceptors (Lipinski definition) is 2. The molecule has 112 valence electrons. The van der Waals surface area contributed by atoms with E-state index in [2.05, 4.69) is 5.32 Å². The zero-order valence-corrected chi connectivity index (χ0v) is 13.3. The molecule has 0 radical (unpaired) electrons. The maximum absolute atomic E-state index is 13.3. The Hall–Kier alpha value is -1.29. The molecule has 0 aliphatic carbocycles. The fourth-order valence-electron chi connectivity index (χ4n) is 2.17. The van der Waals surface area contributed by atoms with Crippen LogP contribution in [0.3, 0.4) is 0 Å². The number of halogens is 3. The van der Waals surface area contributed by atoms with Crippen LogP contribution in [0.5, 0.6) is 5.75 Å². The number of ether oxygens (including phenoxy) is 1. The minimum Gasteiger partial charge on any atom is -0.497 e. The van der Waals surface area contributed by atoms with Crippen molar-refractivity contribution in [3.63, 3.8) is 0 Å². The Morgan fingerprint density at radius 3 is 2.48 bits per heavy atom. The zero-order chi connectivity index (χ0) is 15.4. The van der Waals surface area contributed by atoms with Gasteiger partial charge < -0.3 is 10.1 Å². The van der Waals surface area contributed by atoms with Crippen molar-refractivity contribution in [3.8, 4) is 5.75 Å². The second kappa shape index (κ2) is 7.12. The van der Waals surface area contributed by atoms with Crippen LogP contribution in [0.1, 0.15) is 24.1 Å². The van der Waals surface area contributed by atoms with E-state index in [0.717, 1.165) is 17.7 Å². The van der Waals surface area contributed by atoms with Crippen molar-refractivity contribution in [2.24, 2.45) is 0 Å². The Morgan fingerprint density at radius 1 is 1.14 bits per heavy atom. The molecular weight excluding hydrogens is 312 g/mol. The van der Waals surface area contributed by atoms with E-state index >= 15 is 0 Å². The van der Waals surface area contributed by atoms with Crippen LogP contribution in [0.15, 0.2) is 36.4 Å². The lowest BCUT2D eigenvalue weighted by Crippen LogP contribution is -2.22. The highest BCUT2D eigenvalue weighted by Crippen LogP contribution is 2.32. The van der Waals surface area contributed by atoms with Crippen molar-refractivity contribution < 1.29 is 9.13 Å². The summed E-state index contributed by atoms with van der Waals surface area (Å²) in [6, 6.07) is 10.0. The third-order valence-electron chi connectivity index (χ3n) is 3.20. The molecule has 2 aromatic carbocycles. The van der Waals surface area contributed by atoms with Crippen LogP contribution >= 0.6 is 23.2 Å². The first kappa shape index (κ1) is 16.1. The zero-order valence-electron chi connectivity index (χ0n) is 11.8. The molecule has 0 heterocycles. The van der Waals surface area contributed by atoms with E-state index in [9.17, 15) is 4.39 Å². The smallest absolute Gasteiger partial charge is 0.141 e. The summed E-state index contributed by atoms with van der Waals surface area (Å²) in [6.45, 7) is 2.73. The van der Waals surface area contributed by atoms with Crippen molar-refractivity contribution in [3.05, 3.63) is 63.4 Å². The molecule has 0 aromatic heterocycles. The second-order valence-corrected chi connectivity index (χ2v) is 5.37. The molecule has 0 fully saturated rings. The summed E-state index contributed by atoms with van der Waals surface area (Å²) >= 11 is 12.2. The highest BCUT2D eigenvalue weighted by atomic mass is 35.5. The Bertz CT molecular complexity index is 634. The number of methoxy groups -OCH3 is 1. The van der Waals surface area contributed by atoms with Crippen LogP contribution in [0.2, 0.25) is 10.0 Å². The molecule has 1 N–H and O–H groups in total. The normalized spacial score (nSPS) is 12.2. The van der Waals surface area contributed by atoms with E-state index < -0.39 is 5.82 Å². The van der Waals surface area contributed by atoms with Crippen molar-refractivity contribution in [2.45, 2.75) is 13.0 Å². The van der Waals surface area contributed by atoms with E-state index in [-0.39, 0.29) is 11.1 Å². The molecule has 1 atom stereocenters. The van der Waals surface area contributed by atoms with Crippen LogP contribution in [0.25, 0.3) is 0 Å². The van der Waals surface area contributed by atoms with Gasteiger partial charge in [0.1, 0.15) is 11.6 Å². The van der Waals surface area contributed by atoms with Gasteiger partial charge in [0.15, 0.2) is 0 Å². The van der Waals surface area contributed by atoms with Crippen molar-refractivity contribution in [1.82, 2.24) is 5.32 Å². The number of hydrogen-bond donors (Lipinski definition) is 1. The molecule has 1 unspecified atom stereocenters. The molecule has 0 amide bonds. The minimum absolute atomic E-state index is 0.0973. The first-order valence-corrected chi connectivity index (χ1v) is 7.34. The highest BCUT2D eigenvalue weighted by molar-refractivity contribution is 6.31. The summed E-state index contributed by atoms with van der Waals surface area (Å²) in [5.41, 5.74) is 1.75. The van der Waals surface area contributed by atoms with E-state index in [1.165, 1.54) is 6.07 Å². The minimum atomic E-state index is -0.434. The Labute approximate surface area is 133 Å². The van der Waals surface area contributed by atoms with Gasteiger partial charge in [-0.05, 0) is 41.9 Å². The molecule has 0 aliphatic rings. The van der Waals surface area contributed by atoms with Crippen molar-refractivity contribution >= 4 is 23.2 Å². The van der Waals surface area contributed by atoms with Crippen molar-refractivity contribution in [2.75, 3.05) is 13.7 Å². The van der Waals surface area contributed by atoms with Crippen LogP contribution < -0.4 is 10.1 Å². The largest absolute Gasteiger partial charge is 0.497 e. The predicted molar refractivity (Wildman–Crippen MR) is 84.9 cm³/mol. The maximum Gasteiger partial charge on any atom is 0.141 e. The van der Waals surface area contributed by atoms with E-state index in [1.807, 2.05) is 19.1 Å². The molecule has 0 bridgehead atoms. The number of rotatable bonds is 5. The third-order valence-corrected chi connectivity index (χ3v) is 3.82. The van der Waals surface area contributed by atoms with E-state index in [1.54, 1.807) is 25.3 Å². The van der Waals surface area contributed by atoms with Gasteiger partial charge in [-0.1, -0.05) is 42.3 Å². The average molecular weight is 328 g/mol. The quantitative estimate of drug-likeness (QED) is 0.848. The lowest BCUT2D eigenvalue weighted by molar-refractivity contribution is 0.414. The number of benzene rings is 2. The fraction of sp³-hybridized carbons (Fsp3) is 0.250. The average Bonchev–Trinajstić information content (AvgIpc) is 2.48. The van der Waals surface area contributed by atoms with Crippen molar-refractivity contribution in [1.29, 1.82) is 0 Å². The van der Waals surface area contributed by atoms with Gasteiger partial charge >= 0.3 is 0 Å². The standard InChI is InChI=1S/C16H16Cl2FNO/c1-3-20-16(10-4-7-15(19)14(18)8-10)12-6-5-11(21-2)9-13(12)17/h4-9,16,20H,3H2,1-2H3. The van der Waals surface area contributed by atoms with Gasteiger partial charge in [-0.15, -0.1) is 0 Å². The van der Waals surface area contributed by atoms with E-state index in [4.69, 9.17) is 27.9 Å². The summed E-state index contributed by atoms with van der Waals surface area (Å²) in [7, 11) is 1.59. The summed E-state index contributed by atoms with van der Waals surface area (Å²) in [5, 5.41) is 4.02. The SMILES string of the molecule is CCNC(c1ccc(F)c(Cl)c1)c1ccc(OC)cc1Cl. The summed E-state index contributed by atoms with van der Waals surface area (Å²) in [4.78, 5) is 0. The lowest BCUT2D eigenvalue weighted by atomic mass is 9.98. The van der Waals surface area contributed by atoms with Gasteiger partial charge in [0, 0.05) is 5.02 Å². The Balaban J connectivity index is 2.45. The molecule has 0 saturated heterocycles. The Morgan fingerprint density at radius 2 is 1.90 bits per heavy atom. The molecule has 2 aromatic rings. The molecule has 2 rings (SSSR count). The van der Waals surface area contributed by atoms with Gasteiger partial charge in [-0.25, -0.2) is 4.39 Å². The summed E-state index contributed by atoms with van der Waals surface area (Å²) in [6.07, 6.45) is 0. The summed E-state index contributed by atoms with van der Waals surface area (Å²) in [5.74, 6) is 0.257. The van der Waals surface area contributed by atoms with Gasteiger partial charge in [-0.3, -0.25) is 0 Å². The predicted octanol–water partition coefficient (Wildman–Crippen LogP) is 4.84. The second-order valence-electron chi connectivity index (χ2n) is 4.55. The molecule has 0 spiro atoms. The molecular formula is C16H16Cl2FNO. The van der Waals surface area contributed by atoms with Crippen LogP contribution in [-0.4, -0.2) is 13.7 Å². The summed E-state index contributed by atoms with van der Waals surface area (Å²) < 4.78 is 18.5. The highest BCUT2D eigenvalue weighted by Gasteiger charge is 2.17. The number of nitrogens with one attached hydrogen (secondary N) is 1. The topological polar surface area (TPSA) is 21.3 Å². The van der Waals surface area contributed by atoms with Gasteiger partial charge in [0.05, 0.1) is 18.2 Å². The third kappa shape index (κ3) is 3.67. The molecule has 0 saturated carbocycles. The fourth-order valence-corrected chi connectivity index (χ4v) is 2.64. The van der Waals surface area contributed by atoms with E-state index in [0.29, 0.717) is 10.8 Å². The molecule has 21 heavy (non-hydrogen) atoms. The van der Waals surface area contributed by atoms with Gasteiger partial charge in [-0.2, -0.15) is 0 Å².